The largest absolute Gasteiger partial charge is 0.497 e. The summed E-state index contributed by atoms with van der Waals surface area (Å²) in [5, 5.41) is 2.86. The molecule has 1 aliphatic carbocycles. The molecule has 2 atom stereocenters. The Bertz CT molecular complexity index is 670. The Balaban J connectivity index is 1.76. The minimum Gasteiger partial charge on any atom is -0.497 e. The van der Waals surface area contributed by atoms with Gasteiger partial charge in [0.15, 0.2) is 5.78 Å². The van der Waals surface area contributed by atoms with Crippen molar-refractivity contribution in [2.45, 2.75) is 38.1 Å². The van der Waals surface area contributed by atoms with Crippen LogP contribution in [0.3, 0.4) is 0 Å². The van der Waals surface area contributed by atoms with E-state index < -0.39 is 11.6 Å². The summed E-state index contributed by atoms with van der Waals surface area (Å²) in [5.41, 5.74) is -0.371. The van der Waals surface area contributed by atoms with Crippen LogP contribution in [0.4, 0.5) is 4.79 Å². The minimum atomic E-state index is -0.824. The first-order valence-corrected chi connectivity index (χ1v) is 8.29. The fourth-order valence-corrected chi connectivity index (χ4v) is 3.65. The second-order valence-corrected chi connectivity index (χ2v) is 6.59. The molecular weight excluding hydrogens is 308 g/mol. The Hall–Kier alpha value is -2.37. The molecule has 1 heterocycles. The third kappa shape index (κ3) is 2.66. The van der Waals surface area contributed by atoms with Crippen LogP contribution in [0.2, 0.25) is 0 Å². The molecule has 128 valence electrons. The maximum atomic E-state index is 12.8. The zero-order valence-corrected chi connectivity index (χ0v) is 14.0. The Morgan fingerprint density at radius 3 is 2.62 bits per heavy atom. The monoisotopic (exact) mass is 330 g/mol. The lowest BCUT2D eigenvalue weighted by molar-refractivity contribution is -0.133. The van der Waals surface area contributed by atoms with Gasteiger partial charge in [0.05, 0.1) is 13.7 Å². The molecule has 0 unspecified atom stereocenters. The maximum Gasteiger partial charge on any atom is 0.325 e. The number of methoxy groups -OCH3 is 1. The molecule has 24 heavy (non-hydrogen) atoms. The lowest BCUT2D eigenvalue weighted by Crippen LogP contribution is -2.54. The summed E-state index contributed by atoms with van der Waals surface area (Å²) in [7, 11) is 1.55. The number of ether oxygens (including phenoxy) is 1. The van der Waals surface area contributed by atoms with Gasteiger partial charge in [0.2, 0.25) is 0 Å². The van der Waals surface area contributed by atoms with E-state index in [4.69, 9.17) is 4.74 Å². The van der Waals surface area contributed by atoms with Crippen LogP contribution in [0, 0.1) is 5.92 Å². The lowest BCUT2D eigenvalue weighted by Gasteiger charge is -2.36. The van der Waals surface area contributed by atoms with E-state index in [1.54, 1.807) is 31.4 Å². The number of nitrogens with one attached hydrogen (secondary N) is 1. The second-order valence-electron chi connectivity index (χ2n) is 6.59. The third-order valence-electron chi connectivity index (χ3n) is 5.22. The van der Waals surface area contributed by atoms with Crippen LogP contribution in [-0.2, 0) is 4.79 Å². The van der Waals surface area contributed by atoms with Crippen molar-refractivity contribution in [2.24, 2.45) is 5.92 Å². The van der Waals surface area contributed by atoms with Crippen molar-refractivity contribution >= 4 is 17.7 Å². The van der Waals surface area contributed by atoms with E-state index in [0.717, 1.165) is 24.2 Å². The van der Waals surface area contributed by atoms with E-state index in [1.807, 2.05) is 6.92 Å². The predicted molar refractivity (Wildman–Crippen MR) is 87.9 cm³/mol. The fraction of sp³-hybridized carbons (Fsp3) is 0.500. The zero-order chi connectivity index (χ0) is 17.3. The number of imide groups is 1. The summed E-state index contributed by atoms with van der Waals surface area (Å²) < 4.78 is 5.06. The molecule has 1 aromatic rings. The summed E-state index contributed by atoms with van der Waals surface area (Å²) >= 11 is 0. The van der Waals surface area contributed by atoms with Crippen LogP contribution >= 0.6 is 0 Å². The number of Topliss-reactive ketones (excluding diaryl/α,β-unsaturated/α-hetero) is 1. The molecule has 2 aliphatic rings. The molecule has 0 bridgehead atoms. The molecule has 3 amide bonds. The van der Waals surface area contributed by atoms with Gasteiger partial charge in [-0.2, -0.15) is 0 Å². The number of benzene rings is 1. The van der Waals surface area contributed by atoms with E-state index in [1.165, 1.54) is 0 Å². The molecule has 1 aliphatic heterocycles. The van der Waals surface area contributed by atoms with Gasteiger partial charge in [-0.05, 0) is 43.0 Å². The van der Waals surface area contributed by atoms with E-state index in [9.17, 15) is 14.4 Å². The van der Waals surface area contributed by atoms with Crippen LogP contribution < -0.4 is 10.1 Å². The smallest absolute Gasteiger partial charge is 0.325 e. The van der Waals surface area contributed by atoms with Crippen LogP contribution in [-0.4, -0.2) is 41.8 Å². The van der Waals surface area contributed by atoms with Crippen molar-refractivity contribution in [3.63, 3.8) is 0 Å². The van der Waals surface area contributed by atoms with Gasteiger partial charge in [0.1, 0.15) is 11.3 Å². The molecule has 1 saturated carbocycles. The van der Waals surface area contributed by atoms with Gasteiger partial charge in [0.25, 0.3) is 5.91 Å². The van der Waals surface area contributed by atoms with Crippen LogP contribution in [0.5, 0.6) is 5.75 Å². The number of carbonyl (C=O) groups is 3. The molecule has 1 saturated heterocycles. The highest BCUT2D eigenvalue weighted by atomic mass is 16.5. The highest BCUT2D eigenvalue weighted by Crippen LogP contribution is 2.38. The van der Waals surface area contributed by atoms with E-state index >= 15 is 0 Å². The molecule has 0 aromatic heterocycles. The molecule has 0 radical (unpaired) electrons. The summed E-state index contributed by atoms with van der Waals surface area (Å²) in [6.45, 7) is 1.76. The Labute approximate surface area is 141 Å². The van der Waals surface area contributed by atoms with Gasteiger partial charge in [-0.15, -0.1) is 0 Å². The number of hydrogen-bond donors (Lipinski definition) is 1. The fourth-order valence-electron chi connectivity index (χ4n) is 3.65. The summed E-state index contributed by atoms with van der Waals surface area (Å²) in [6, 6.07) is 6.18. The zero-order valence-electron chi connectivity index (χ0n) is 14.0. The highest BCUT2D eigenvalue weighted by molar-refractivity contribution is 6.11. The molecule has 3 rings (SSSR count). The number of ketones is 1. The molecule has 6 nitrogen and oxygen atoms in total. The van der Waals surface area contributed by atoms with Crippen molar-refractivity contribution in [1.29, 1.82) is 0 Å². The number of amides is 3. The molecule has 2 fully saturated rings. The summed E-state index contributed by atoms with van der Waals surface area (Å²) in [5.74, 6) is 0.212. The number of rotatable bonds is 4. The van der Waals surface area contributed by atoms with Crippen molar-refractivity contribution in [2.75, 3.05) is 13.7 Å². The van der Waals surface area contributed by atoms with Gasteiger partial charge < -0.3 is 10.1 Å². The Morgan fingerprint density at radius 1 is 1.29 bits per heavy atom. The van der Waals surface area contributed by atoms with Crippen molar-refractivity contribution in [3.8, 4) is 5.75 Å². The van der Waals surface area contributed by atoms with Gasteiger partial charge in [0, 0.05) is 5.56 Å². The average Bonchev–Trinajstić information content (AvgIpc) is 2.82. The maximum absolute atomic E-state index is 12.8. The van der Waals surface area contributed by atoms with Gasteiger partial charge >= 0.3 is 6.03 Å². The first-order valence-electron chi connectivity index (χ1n) is 8.29. The van der Waals surface area contributed by atoms with Crippen LogP contribution in [0.25, 0.3) is 0 Å². The Kier molecular flexibility index (Phi) is 4.30. The first kappa shape index (κ1) is 16.5. The molecule has 1 N–H and O–H groups in total. The topological polar surface area (TPSA) is 75.7 Å². The minimum absolute atomic E-state index is 0.0868. The average molecular weight is 330 g/mol. The SMILES string of the molecule is COc1ccc(C(=O)CN2C(=O)N[C@]3(CCCC[C@@H]3C)C2=O)cc1. The van der Waals surface area contributed by atoms with Gasteiger partial charge in [-0.3, -0.25) is 14.5 Å². The normalized spacial score (nSPS) is 26.6. The van der Waals surface area contributed by atoms with Crippen molar-refractivity contribution in [1.82, 2.24) is 10.2 Å². The number of carbonyl (C=O) groups excluding carboxylic acids is 3. The number of nitrogens with zero attached hydrogens (tertiary/aromatic N) is 1. The summed E-state index contributed by atoms with van der Waals surface area (Å²) in [4.78, 5) is 38.6. The first-order chi connectivity index (χ1) is 11.5. The molecule has 1 spiro atoms. The standard InChI is InChI=1S/C18H22N2O4/c1-12-5-3-4-10-18(12)16(22)20(17(23)19-18)11-15(21)13-6-8-14(24-2)9-7-13/h6-9,12H,3-5,10-11H2,1-2H3,(H,19,23)/t12-,18-/m0/s1. The Morgan fingerprint density at radius 2 is 2.00 bits per heavy atom. The van der Waals surface area contributed by atoms with Crippen molar-refractivity contribution in [3.05, 3.63) is 29.8 Å². The molecular formula is C18H22N2O4. The second kappa shape index (κ2) is 6.26. The van der Waals surface area contributed by atoms with E-state index in [-0.39, 0.29) is 24.2 Å². The summed E-state index contributed by atoms with van der Waals surface area (Å²) in [6.07, 6.45) is 3.53. The van der Waals surface area contributed by atoms with Gasteiger partial charge in [-0.1, -0.05) is 19.8 Å². The molecule has 6 heteroatoms. The van der Waals surface area contributed by atoms with Gasteiger partial charge in [-0.25, -0.2) is 4.79 Å². The highest BCUT2D eigenvalue weighted by Gasteiger charge is 2.55. The number of urea groups is 1. The molecule has 1 aromatic carbocycles. The van der Waals surface area contributed by atoms with Crippen LogP contribution in [0.1, 0.15) is 43.0 Å². The van der Waals surface area contributed by atoms with E-state index in [0.29, 0.717) is 17.7 Å². The lowest BCUT2D eigenvalue weighted by atomic mass is 9.73. The van der Waals surface area contributed by atoms with Crippen molar-refractivity contribution < 1.29 is 19.1 Å². The quantitative estimate of drug-likeness (QED) is 0.679. The number of hydrogen-bond acceptors (Lipinski definition) is 4. The predicted octanol–water partition coefficient (Wildman–Crippen LogP) is 2.38. The third-order valence-corrected chi connectivity index (χ3v) is 5.22. The van der Waals surface area contributed by atoms with Crippen LogP contribution in [0.15, 0.2) is 24.3 Å². The van der Waals surface area contributed by atoms with E-state index in [2.05, 4.69) is 5.32 Å².